The van der Waals surface area contributed by atoms with Gasteiger partial charge in [-0.05, 0) is 36.0 Å². The molecule has 0 aliphatic carbocycles. The highest BCUT2D eigenvalue weighted by atomic mass is 16.5. The van der Waals surface area contributed by atoms with Crippen LogP contribution in [-0.4, -0.2) is 12.6 Å². The Balaban J connectivity index is 2.47. The molecule has 1 rings (SSSR count). The van der Waals surface area contributed by atoms with Crippen LogP contribution in [0.2, 0.25) is 0 Å². The van der Waals surface area contributed by atoms with Gasteiger partial charge < -0.3 is 4.74 Å². The normalized spacial score (nSPS) is 11.5. The SMILES string of the molecule is CCCCCCCc1ccc(C=C(CC)COC(C)=O)cc1. The average Bonchev–Trinajstić information content (AvgIpc) is 2.52. The fourth-order valence-corrected chi connectivity index (χ4v) is 2.39. The van der Waals surface area contributed by atoms with Crippen molar-refractivity contribution in [3.8, 4) is 0 Å². The number of aryl methyl sites for hydroxylation is 1. The van der Waals surface area contributed by atoms with Gasteiger partial charge in [-0.1, -0.05) is 69.9 Å². The molecule has 1 aromatic rings. The lowest BCUT2D eigenvalue weighted by Crippen LogP contribution is -2.02. The zero-order valence-corrected chi connectivity index (χ0v) is 14.4. The van der Waals surface area contributed by atoms with Crippen molar-refractivity contribution < 1.29 is 9.53 Å². The Morgan fingerprint density at radius 2 is 1.73 bits per heavy atom. The summed E-state index contributed by atoms with van der Waals surface area (Å²) in [4.78, 5) is 10.9. The summed E-state index contributed by atoms with van der Waals surface area (Å²) >= 11 is 0. The van der Waals surface area contributed by atoms with Crippen molar-refractivity contribution in [2.75, 3.05) is 6.61 Å². The van der Waals surface area contributed by atoms with Crippen molar-refractivity contribution in [3.63, 3.8) is 0 Å². The molecule has 0 aromatic heterocycles. The van der Waals surface area contributed by atoms with Crippen LogP contribution in [-0.2, 0) is 16.0 Å². The van der Waals surface area contributed by atoms with E-state index in [1.807, 2.05) is 0 Å². The largest absolute Gasteiger partial charge is 0.461 e. The molecular formula is C20H30O2. The molecule has 0 spiro atoms. The van der Waals surface area contributed by atoms with E-state index in [0.717, 1.165) is 12.0 Å². The molecule has 0 unspecified atom stereocenters. The van der Waals surface area contributed by atoms with E-state index < -0.39 is 0 Å². The number of esters is 1. The number of benzene rings is 1. The molecule has 0 aliphatic heterocycles. The lowest BCUT2D eigenvalue weighted by atomic mass is 10.0. The van der Waals surface area contributed by atoms with Crippen LogP contribution >= 0.6 is 0 Å². The third kappa shape index (κ3) is 8.02. The topological polar surface area (TPSA) is 26.3 Å². The van der Waals surface area contributed by atoms with Gasteiger partial charge in [0.25, 0.3) is 0 Å². The van der Waals surface area contributed by atoms with Gasteiger partial charge in [-0.2, -0.15) is 0 Å². The van der Waals surface area contributed by atoms with Gasteiger partial charge >= 0.3 is 5.97 Å². The Morgan fingerprint density at radius 3 is 2.32 bits per heavy atom. The molecule has 2 heteroatoms. The van der Waals surface area contributed by atoms with Crippen molar-refractivity contribution >= 4 is 12.0 Å². The summed E-state index contributed by atoms with van der Waals surface area (Å²) in [6.45, 7) is 6.17. The minimum absolute atomic E-state index is 0.224. The fraction of sp³-hybridized carbons (Fsp3) is 0.550. The van der Waals surface area contributed by atoms with Gasteiger partial charge in [-0.15, -0.1) is 0 Å². The van der Waals surface area contributed by atoms with Gasteiger partial charge in [-0.3, -0.25) is 4.79 Å². The van der Waals surface area contributed by atoms with Crippen molar-refractivity contribution in [1.82, 2.24) is 0 Å². The molecule has 0 bridgehead atoms. The molecule has 0 saturated carbocycles. The molecule has 122 valence electrons. The number of hydrogen-bond acceptors (Lipinski definition) is 2. The minimum Gasteiger partial charge on any atom is -0.461 e. The van der Waals surface area contributed by atoms with E-state index in [1.54, 1.807) is 0 Å². The number of carbonyl (C=O) groups excluding carboxylic acids is 1. The lowest BCUT2D eigenvalue weighted by Gasteiger charge is -2.06. The van der Waals surface area contributed by atoms with Crippen LogP contribution in [0.5, 0.6) is 0 Å². The molecule has 1 aromatic carbocycles. The molecule has 0 radical (unpaired) electrons. The van der Waals surface area contributed by atoms with E-state index in [0.29, 0.717) is 6.61 Å². The summed E-state index contributed by atoms with van der Waals surface area (Å²) in [6, 6.07) is 8.74. The number of hydrogen-bond donors (Lipinski definition) is 0. The predicted octanol–water partition coefficient (Wildman–Crippen LogP) is 5.56. The zero-order chi connectivity index (χ0) is 16.2. The van der Waals surface area contributed by atoms with Crippen LogP contribution in [0.15, 0.2) is 29.8 Å². The van der Waals surface area contributed by atoms with Crippen molar-refractivity contribution in [3.05, 3.63) is 41.0 Å². The van der Waals surface area contributed by atoms with Gasteiger partial charge in [-0.25, -0.2) is 0 Å². The first-order valence-corrected chi connectivity index (χ1v) is 8.57. The summed E-state index contributed by atoms with van der Waals surface area (Å²) in [6.07, 6.45) is 10.8. The molecule has 0 saturated heterocycles. The van der Waals surface area contributed by atoms with E-state index >= 15 is 0 Å². The predicted molar refractivity (Wildman–Crippen MR) is 93.8 cm³/mol. The van der Waals surface area contributed by atoms with Gasteiger partial charge in [0.05, 0.1) is 0 Å². The van der Waals surface area contributed by atoms with E-state index in [9.17, 15) is 4.79 Å². The average molecular weight is 302 g/mol. The van der Waals surface area contributed by atoms with Crippen LogP contribution in [0.3, 0.4) is 0 Å². The van der Waals surface area contributed by atoms with Gasteiger partial charge in [0.1, 0.15) is 6.61 Å². The molecule has 0 heterocycles. The summed E-state index contributed by atoms with van der Waals surface area (Å²) in [7, 11) is 0. The Kier molecular flexibility index (Phi) is 9.29. The van der Waals surface area contributed by atoms with Crippen LogP contribution in [0.4, 0.5) is 0 Å². The molecule has 0 amide bonds. The van der Waals surface area contributed by atoms with Crippen LogP contribution < -0.4 is 0 Å². The summed E-state index contributed by atoms with van der Waals surface area (Å²) in [5, 5.41) is 0. The zero-order valence-electron chi connectivity index (χ0n) is 14.4. The summed E-state index contributed by atoms with van der Waals surface area (Å²) < 4.78 is 5.07. The quantitative estimate of drug-likeness (QED) is 0.418. The van der Waals surface area contributed by atoms with Crippen LogP contribution in [0.1, 0.15) is 70.4 Å². The molecule has 0 atom stereocenters. The second-order valence-electron chi connectivity index (χ2n) is 5.84. The Morgan fingerprint density at radius 1 is 1.05 bits per heavy atom. The summed E-state index contributed by atoms with van der Waals surface area (Å²) in [5.74, 6) is -0.224. The highest BCUT2D eigenvalue weighted by molar-refractivity contribution is 5.66. The highest BCUT2D eigenvalue weighted by Gasteiger charge is 2.00. The smallest absolute Gasteiger partial charge is 0.302 e. The van der Waals surface area contributed by atoms with E-state index in [1.165, 1.54) is 56.6 Å². The summed E-state index contributed by atoms with van der Waals surface area (Å²) in [5.41, 5.74) is 3.73. The molecule has 0 N–H and O–H groups in total. The number of unbranched alkanes of at least 4 members (excludes halogenated alkanes) is 4. The molecule has 22 heavy (non-hydrogen) atoms. The molecule has 0 fully saturated rings. The first-order valence-electron chi connectivity index (χ1n) is 8.57. The number of rotatable bonds is 10. The van der Waals surface area contributed by atoms with Crippen LogP contribution in [0.25, 0.3) is 6.08 Å². The van der Waals surface area contributed by atoms with E-state index in [2.05, 4.69) is 44.2 Å². The number of ether oxygens (including phenoxy) is 1. The third-order valence-electron chi connectivity index (χ3n) is 3.83. The standard InChI is InChI=1S/C20H30O2/c1-4-6-7-8-9-10-19-11-13-20(14-12-19)15-18(5-2)16-22-17(3)21/h11-15H,4-10,16H2,1-3H3. The second kappa shape index (κ2) is 11.1. The molecule has 0 aliphatic rings. The van der Waals surface area contributed by atoms with E-state index in [4.69, 9.17) is 4.74 Å². The second-order valence-corrected chi connectivity index (χ2v) is 5.84. The highest BCUT2D eigenvalue weighted by Crippen LogP contribution is 2.14. The molecule has 2 nitrogen and oxygen atoms in total. The first kappa shape index (κ1) is 18.5. The van der Waals surface area contributed by atoms with Gasteiger partial charge in [0.15, 0.2) is 0 Å². The van der Waals surface area contributed by atoms with Crippen molar-refractivity contribution in [1.29, 1.82) is 0 Å². The molecular weight excluding hydrogens is 272 g/mol. The Bertz CT molecular complexity index is 457. The minimum atomic E-state index is -0.224. The first-order chi connectivity index (χ1) is 10.7. The number of carbonyl (C=O) groups is 1. The van der Waals surface area contributed by atoms with Gasteiger partial charge in [0.2, 0.25) is 0 Å². The Labute approximate surface area is 135 Å². The van der Waals surface area contributed by atoms with E-state index in [-0.39, 0.29) is 5.97 Å². The maximum absolute atomic E-state index is 10.9. The lowest BCUT2D eigenvalue weighted by molar-refractivity contribution is -0.139. The van der Waals surface area contributed by atoms with Crippen LogP contribution in [0, 0.1) is 0 Å². The monoisotopic (exact) mass is 302 g/mol. The third-order valence-corrected chi connectivity index (χ3v) is 3.83. The van der Waals surface area contributed by atoms with Crippen molar-refractivity contribution in [2.45, 2.75) is 65.7 Å². The Hall–Kier alpha value is -1.57. The maximum atomic E-state index is 10.9. The maximum Gasteiger partial charge on any atom is 0.302 e. The van der Waals surface area contributed by atoms with Crippen molar-refractivity contribution in [2.24, 2.45) is 0 Å². The van der Waals surface area contributed by atoms with Gasteiger partial charge in [0, 0.05) is 6.92 Å². The fourth-order valence-electron chi connectivity index (χ4n) is 2.39.